The molecule has 0 saturated carbocycles. The molecule has 0 saturated heterocycles. The van der Waals surface area contributed by atoms with Crippen molar-refractivity contribution in [3.05, 3.63) is 0 Å². The van der Waals surface area contributed by atoms with Crippen molar-refractivity contribution < 1.29 is 4.79 Å². The molecule has 0 spiro atoms. The minimum Gasteiger partial charge on any atom is -0.333 e. The molecule has 0 amide bonds. The minimum absolute atomic E-state index is 0.694. The molecule has 0 unspecified atom stereocenters. The third-order valence-electron chi connectivity index (χ3n) is 1.03. The largest absolute Gasteiger partial charge is 0.333 e. The number of hydrogen-bond donors (Lipinski definition) is 2. The Morgan fingerprint density at radius 2 is 1.80 bits per heavy atom. The molecule has 3 nitrogen and oxygen atoms in total. The third kappa shape index (κ3) is 15.6. The number of carbonyl (C=O) groups excluding carboxylic acids is 1. The first-order valence-electron chi connectivity index (χ1n) is 3.63. The molecule has 0 bridgehead atoms. The van der Waals surface area contributed by atoms with E-state index in [1.165, 1.54) is 7.05 Å². The van der Waals surface area contributed by atoms with E-state index in [1.807, 2.05) is 0 Å². The van der Waals surface area contributed by atoms with Crippen LogP contribution in [0.4, 0.5) is 0 Å². The van der Waals surface area contributed by atoms with Gasteiger partial charge in [0, 0.05) is 6.42 Å². The number of nitrogens with two attached hydrogens (primary N) is 2. The Bertz CT molecular complexity index is 57.6. The molecule has 4 N–H and O–H groups in total. The first kappa shape index (κ1) is 12.3. The fourth-order valence-electron chi connectivity index (χ4n) is 0.549. The smallest absolute Gasteiger partial charge is 0.119 e. The van der Waals surface area contributed by atoms with Gasteiger partial charge in [-0.2, -0.15) is 0 Å². The van der Waals surface area contributed by atoms with Crippen LogP contribution < -0.4 is 11.5 Å². The molecule has 0 fully saturated rings. The molecule has 0 rings (SSSR count). The summed E-state index contributed by atoms with van der Waals surface area (Å²) in [6.45, 7) is 0.749. The van der Waals surface area contributed by atoms with Crippen LogP contribution in [0, 0.1) is 0 Å². The third-order valence-corrected chi connectivity index (χ3v) is 1.03. The SMILES string of the molecule is CN.NCCCCCC=O. The summed E-state index contributed by atoms with van der Waals surface area (Å²) in [5, 5.41) is 0. The highest BCUT2D eigenvalue weighted by molar-refractivity contribution is 5.48. The summed E-state index contributed by atoms with van der Waals surface area (Å²) in [4.78, 5) is 9.74. The maximum atomic E-state index is 9.74. The van der Waals surface area contributed by atoms with Gasteiger partial charge in [0.25, 0.3) is 0 Å². The minimum atomic E-state index is 0.694. The monoisotopic (exact) mass is 146 g/mol. The Morgan fingerprint density at radius 1 is 1.20 bits per heavy atom. The van der Waals surface area contributed by atoms with Crippen molar-refractivity contribution in [2.45, 2.75) is 25.7 Å². The Hall–Kier alpha value is -0.410. The number of carbonyl (C=O) groups is 1. The Kier molecular flexibility index (Phi) is 19.5. The van der Waals surface area contributed by atoms with E-state index in [-0.39, 0.29) is 0 Å². The van der Waals surface area contributed by atoms with Gasteiger partial charge in [0.2, 0.25) is 0 Å². The summed E-state index contributed by atoms with van der Waals surface area (Å²) in [6.07, 6.45) is 4.79. The van der Waals surface area contributed by atoms with Crippen LogP contribution in [0.2, 0.25) is 0 Å². The van der Waals surface area contributed by atoms with Crippen molar-refractivity contribution in [2.75, 3.05) is 13.6 Å². The average Bonchev–Trinajstić information content (AvgIpc) is 2.02. The second kappa shape index (κ2) is 15.8. The molecule has 62 valence electrons. The fraction of sp³-hybridized carbons (Fsp3) is 0.857. The molecule has 0 aromatic heterocycles. The van der Waals surface area contributed by atoms with Gasteiger partial charge in [-0.1, -0.05) is 6.42 Å². The van der Waals surface area contributed by atoms with Gasteiger partial charge in [0.15, 0.2) is 0 Å². The van der Waals surface area contributed by atoms with Gasteiger partial charge in [0.05, 0.1) is 0 Å². The van der Waals surface area contributed by atoms with Gasteiger partial charge in [-0.25, -0.2) is 0 Å². The highest BCUT2D eigenvalue weighted by atomic mass is 16.1. The topological polar surface area (TPSA) is 69.1 Å². The lowest BCUT2D eigenvalue weighted by molar-refractivity contribution is -0.107. The van der Waals surface area contributed by atoms with Crippen molar-refractivity contribution in [1.29, 1.82) is 0 Å². The van der Waals surface area contributed by atoms with Crippen LogP contribution in [-0.2, 0) is 4.79 Å². The van der Waals surface area contributed by atoms with Crippen molar-refractivity contribution in [3.63, 3.8) is 0 Å². The zero-order chi connectivity index (χ0) is 8.24. The molecule has 0 aromatic carbocycles. The molecular formula is C7H18N2O. The Labute approximate surface area is 62.8 Å². The lowest BCUT2D eigenvalue weighted by Crippen LogP contribution is -1.97. The van der Waals surface area contributed by atoms with Crippen molar-refractivity contribution in [2.24, 2.45) is 11.5 Å². The zero-order valence-corrected chi connectivity index (χ0v) is 6.68. The van der Waals surface area contributed by atoms with E-state index in [0.717, 1.165) is 32.1 Å². The first-order chi connectivity index (χ1) is 4.91. The summed E-state index contributed by atoms with van der Waals surface area (Å²) in [7, 11) is 1.50. The predicted molar refractivity (Wildman–Crippen MR) is 43.7 cm³/mol. The molecule has 0 aliphatic carbocycles. The van der Waals surface area contributed by atoms with Gasteiger partial charge in [-0.15, -0.1) is 0 Å². The molecule has 0 aromatic rings. The number of aldehydes is 1. The lowest BCUT2D eigenvalue weighted by atomic mass is 10.2. The van der Waals surface area contributed by atoms with E-state index in [1.54, 1.807) is 0 Å². The van der Waals surface area contributed by atoms with Gasteiger partial charge < -0.3 is 16.3 Å². The molecule has 0 aliphatic heterocycles. The molecule has 0 radical (unpaired) electrons. The molecular weight excluding hydrogens is 128 g/mol. The maximum absolute atomic E-state index is 9.74. The number of hydrogen-bond acceptors (Lipinski definition) is 3. The maximum Gasteiger partial charge on any atom is 0.119 e. The second-order valence-electron chi connectivity index (χ2n) is 1.80. The molecule has 10 heavy (non-hydrogen) atoms. The lowest BCUT2D eigenvalue weighted by Gasteiger charge is -1.90. The highest BCUT2D eigenvalue weighted by Gasteiger charge is 1.83. The summed E-state index contributed by atoms with van der Waals surface area (Å²) in [5.41, 5.74) is 9.72. The molecule has 0 atom stereocenters. The zero-order valence-electron chi connectivity index (χ0n) is 6.68. The van der Waals surface area contributed by atoms with Crippen LogP contribution in [0.3, 0.4) is 0 Å². The molecule has 0 aliphatic rings. The summed E-state index contributed by atoms with van der Waals surface area (Å²) >= 11 is 0. The average molecular weight is 146 g/mol. The van der Waals surface area contributed by atoms with E-state index in [9.17, 15) is 4.79 Å². The number of unbranched alkanes of at least 4 members (excludes halogenated alkanes) is 3. The van der Waals surface area contributed by atoms with Crippen LogP contribution in [0.25, 0.3) is 0 Å². The van der Waals surface area contributed by atoms with Crippen LogP contribution in [0.5, 0.6) is 0 Å². The van der Waals surface area contributed by atoms with Crippen LogP contribution in [-0.4, -0.2) is 19.9 Å². The van der Waals surface area contributed by atoms with Crippen molar-refractivity contribution >= 4 is 6.29 Å². The van der Waals surface area contributed by atoms with E-state index in [4.69, 9.17) is 5.73 Å². The Morgan fingerprint density at radius 3 is 2.20 bits per heavy atom. The molecule has 3 heteroatoms. The van der Waals surface area contributed by atoms with Gasteiger partial charge in [-0.05, 0) is 26.4 Å². The van der Waals surface area contributed by atoms with Gasteiger partial charge in [-0.3, -0.25) is 0 Å². The van der Waals surface area contributed by atoms with E-state index in [2.05, 4.69) is 5.73 Å². The number of rotatable bonds is 5. The summed E-state index contributed by atoms with van der Waals surface area (Å²) in [6, 6.07) is 0. The second-order valence-corrected chi connectivity index (χ2v) is 1.80. The van der Waals surface area contributed by atoms with Crippen LogP contribution in [0.15, 0.2) is 0 Å². The van der Waals surface area contributed by atoms with E-state index in [0.29, 0.717) is 6.42 Å². The van der Waals surface area contributed by atoms with Crippen molar-refractivity contribution in [3.8, 4) is 0 Å². The summed E-state index contributed by atoms with van der Waals surface area (Å²) in [5.74, 6) is 0. The van der Waals surface area contributed by atoms with Gasteiger partial charge in [0.1, 0.15) is 6.29 Å². The predicted octanol–water partition coefficient (Wildman–Crippen LogP) is 0.279. The van der Waals surface area contributed by atoms with E-state index < -0.39 is 0 Å². The van der Waals surface area contributed by atoms with E-state index >= 15 is 0 Å². The summed E-state index contributed by atoms with van der Waals surface area (Å²) < 4.78 is 0. The highest BCUT2D eigenvalue weighted by Crippen LogP contribution is 1.94. The molecule has 0 heterocycles. The van der Waals surface area contributed by atoms with Gasteiger partial charge >= 0.3 is 0 Å². The fourth-order valence-corrected chi connectivity index (χ4v) is 0.549. The normalized spacial score (nSPS) is 7.90. The standard InChI is InChI=1S/C6H13NO.CH5N/c7-5-3-1-2-4-6-8;1-2/h6H,1-5,7H2;2H2,1H3. The quantitative estimate of drug-likeness (QED) is 0.432. The Balaban J connectivity index is 0. The van der Waals surface area contributed by atoms with Crippen molar-refractivity contribution in [1.82, 2.24) is 0 Å². The van der Waals surface area contributed by atoms with Crippen LogP contribution >= 0.6 is 0 Å². The van der Waals surface area contributed by atoms with Crippen LogP contribution in [0.1, 0.15) is 25.7 Å². The first-order valence-corrected chi connectivity index (χ1v) is 3.63.